The number of ether oxygens (including phenoxy) is 1. The summed E-state index contributed by atoms with van der Waals surface area (Å²) in [6.45, 7) is 3.27. The summed E-state index contributed by atoms with van der Waals surface area (Å²) in [5.41, 5.74) is 0.898. The van der Waals surface area contributed by atoms with Crippen LogP contribution in [0.3, 0.4) is 0 Å². The lowest BCUT2D eigenvalue weighted by molar-refractivity contribution is -0.133. The molecule has 2 heterocycles. The van der Waals surface area contributed by atoms with Gasteiger partial charge in [0.25, 0.3) is 0 Å². The van der Waals surface area contributed by atoms with Crippen molar-refractivity contribution in [3.63, 3.8) is 0 Å². The number of hydrogen-bond donors (Lipinski definition) is 1. The Kier molecular flexibility index (Phi) is 4.18. The van der Waals surface area contributed by atoms with Crippen molar-refractivity contribution in [2.45, 2.75) is 31.1 Å². The zero-order valence-electron chi connectivity index (χ0n) is 11.9. The van der Waals surface area contributed by atoms with Gasteiger partial charge in [0.15, 0.2) is 0 Å². The molecule has 0 radical (unpaired) electrons. The minimum Gasteiger partial charge on any atom is -0.381 e. The number of piperidine rings is 1. The topological polar surface area (TPSA) is 38.3 Å². The molecule has 2 aliphatic heterocycles. The lowest BCUT2D eigenvalue weighted by atomic mass is 9.66. The van der Waals surface area contributed by atoms with E-state index in [0.717, 1.165) is 45.4 Å². The Morgan fingerprint density at radius 1 is 1.20 bits per heavy atom. The Morgan fingerprint density at radius 3 is 2.60 bits per heavy atom. The van der Waals surface area contributed by atoms with Gasteiger partial charge in [-0.3, -0.25) is 4.79 Å². The molecule has 1 atom stereocenters. The number of rotatable bonds is 3. The first-order valence-corrected chi connectivity index (χ1v) is 7.71. The first-order chi connectivity index (χ1) is 9.83. The third kappa shape index (κ3) is 2.52. The van der Waals surface area contributed by atoms with Gasteiger partial charge in [-0.05, 0) is 44.3 Å². The summed E-state index contributed by atoms with van der Waals surface area (Å²) in [5, 5.41) is 3.38. The van der Waals surface area contributed by atoms with Crippen molar-refractivity contribution in [2.75, 3.05) is 26.3 Å². The van der Waals surface area contributed by atoms with Gasteiger partial charge in [0.05, 0.1) is 12.0 Å². The maximum absolute atomic E-state index is 13.2. The van der Waals surface area contributed by atoms with Gasteiger partial charge in [0, 0.05) is 12.5 Å². The van der Waals surface area contributed by atoms with Crippen molar-refractivity contribution in [3.05, 3.63) is 35.9 Å². The van der Waals surface area contributed by atoms with E-state index in [9.17, 15) is 4.79 Å². The Hall–Kier alpha value is -1.19. The SMILES string of the molecule is O=C(C1CCCOC1)C1(c2ccccc2)CCNCC1. The van der Waals surface area contributed by atoms with Gasteiger partial charge in [-0.1, -0.05) is 30.3 Å². The highest BCUT2D eigenvalue weighted by atomic mass is 16.5. The monoisotopic (exact) mass is 273 g/mol. The van der Waals surface area contributed by atoms with Gasteiger partial charge in [-0.2, -0.15) is 0 Å². The van der Waals surface area contributed by atoms with Gasteiger partial charge < -0.3 is 10.1 Å². The van der Waals surface area contributed by atoms with E-state index in [2.05, 4.69) is 17.4 Å². The quantitative estimate of drug-likeness (QED) is 0.918. The average Bonchev–Trinajstić information content (AvgIpc) is 2.56. The molecule has 2 fully saturated rings. The number of Topliss-reactive ketones (excluding diaryl/α,β-unsaturated/α-hetero) is 1. The van der Waals surface area contributed by atoms with Crippen LogP contribution in [0.4, 0.5) is 0 Å². The summed E-state index contributed by atoms with van der Waals surface area (Å²) in [5.74, 6) is 0.493. The molecule has 0 aliphatic carbocycles. The lowest BCUT2D eigenvalue weighted by Crippen LogP contribution is -2.49. The number of carbonyl (C=O) groups excluding carboxylic acids is 1. The van der Waals surface area contributed by atoms with Crippen LogP contribution in [0.5, 0.6) is 0 Å². The molecule has 2 saturated heterocycles. The molecule has 1 aromatic carbocycles. The van der Waals surface area contributed by atoms with Crippen molar-refractivity contribution in [2.24, 2.45) is 5.92 Å². The molecule has 108 valence electrons. The largest absolute Gasteiger partial charge is 0.381 e. The molecule has 3 heteroatoms. The van der Waals surface area contributed by atoms with Crippen LogP contribution in [0, 0.1) is 5.92 Å². The predicted octanol–water partition coefficient (Wildman–Crippen LogP) is 2.30. The molecule has 20 heavy (non-hydrogen) atoms. The molecule has 0 aromatic heterocycles. The summed E-state index contributed by atoms with van der Waals surface area (Å²) in [6.07, 6.45) is 3.82. The van der Waals surface area contributed by atoms with E-state index in [0.29, 0.717) is 12.4 Å². The van der Waals surface area contributed by atoms with Crippen molar-refractivity contribution < 1.29 is 9.53 Å². The summed E-state index contributed by atoms with van der Waals surface area (Å²) < 4.78 is 5.54. The van der Waals surface area contributed by atoms with Crippen LogP contribution in [0.1, 0.15) is 31.2 Å². The van der Waals surface area contributed by atoms with E-state index in [4.69, 9.17) is 4.74 Å². The maximum atomic E-state index is 13.2. The maximum Gasteiger partial charge on any atom is 0.148 e. The fourth-order valence-electron chi connectivity index (χ4n) is 3.63. The second-order valence-electron chi connectivity index (χ2n) is 5.98. The van der Waals surface area contributed by atoms with Gasteiger partial charge in [0.2, 0.25) is 0 Å². The highest BCUT2D eigenvalue weighted by molar-refractivity contribution is 5.92. The highest BCUT2D eigenvalue weighted by Gasteiger charge is 2.44. The molecule has 3 nitrogen and oxygen atoms in total. The third-order valence-electron chi connectivity index (χ3n) is 4.79. The Labute approximate surface area is 120 Å². The first kappa shape index (κ1) is 13.8. The fraction of sp³-hybridized carbons (Fsp3) is 0.588. The molecule has 0 saturated carbocycles. The van der Waals surface area contributed by atoms with Gasteiger partial charge in [0.1, 0.15) is 5.78 Å². The molecule has 0 bridgehead atoms. The number of nitrogens with one attached hydrogen (secondary N) is 1. The van der Waals surface area contributed by atoms with Crippen LogP contribution < -0.4 is 5.32 Å². The van der Waals surface area contributed by atoms with Gasteiger partial charge >= 0.3 is 0 Å². The molecule has 1 N–H and O–H groups in total. The number of carbonyl (C=O) groups is 1. The third-order valence-corrected chi connectivity index (χ3v) is 4.79. The molecular weight excluding hydrogens is 250 g/mol. The summed E-state index contributed by atoms with van der Waals surface area (Å²) in [4.78, 5) is 13.2. The van der Waals surface area contributed by atoms with Crippen molar-refractivity contribution in [1.82, 2.24) is 5.32 Å². The smallest absolute Gasteiger partial charge is 0.148 e. The van der Waals surface area contributed by atoms with Crippen LogP contribution in [0.25, 0.3) is 0 Å². The number of ketones is 1. The molecule has 3 rings (SSSR count). The summed E-state index contributed by atoms with van der Waals surface area (Å²) >= 11 is 0. The standard InChI is InChI=1S/C17H23NO2/c19-16(14-5-4-12-20-13-14)17(8-10-18-11-9-17)15-6-2-1-3-7-15/h1-3,6-7,14,18H,4-5,8-13H2. The van der Waals surface area contributed by atoms with E-state index < -0.39 is 0 Å². The van der Waals surface area contributed by atoms with Crippen LogP contribution in [0.15, 0.2) is 30.3 Å². The minimum atomic E-state index is -0.294. The second-order valence-corrected chi connectivity index (χ2v) is 5.98. The molecule has 0 spiro atoms. The first-order valence-electron chi connectivity index (χ1n) is 7.71. The zero-order valence-corrected chi connectivity index (χ0v) is 11.9. The second kappa shape index (κ2) is 6.06. The molecule has 1 unspecified atom stereocenters. The van der Waals surface area contributed by atoms with E-state index in [1.807, 2.05) is 18.2 Å². The van der Waals surface area contributed by atoms with Crippen molar-refractivity contribution >= 4 is 5.78 Å². The minimum absolute atomic E-state index is 0.0852. The predicted molar refractivity (Wildman–Crippen MR) is 78.8 cm³/mol. The van der Waals surface area contributed by atoms with E-state index in [1.54, 1.807) is 0 Å². The summed E-state index contributed by atoms with van der Waals surface area (Å²) in [6, 6.07) is 10.3. The van der Waals surface area contributed by atoms with Crippen LogP contribution in [0.2, 0.25) is 0 Å². The van der Waals surface area contributed by atoms with E-state index in [1.165, 1.54) is 5.56 Å². The number of hydrogen-bond acceptors (Lipinski definition) is 3. The Balaban J connectivity index is 1.91. The van der Waals surface area contributed by atoms with E-state index >= 15 is 0 Å². The normalized spacial score (nSPS) is 26.1. The molecule has 1 aromatic rings. The highest BCUT2D eigenvalue weighted by Crippen LogP contribution is 2.38. The summed E-state index contributed by atoms with van der Waals surface area (Å²) in [7, 11) is 0. The van der Waals surface area contributed by atoms with Crippen molar-refractivity contribution in [1.29, 1.82) is 0 Å². The zero-order chi connectivity index (χ0) is 13.8. The van der Waals surface area contributed by atoms with Gasteiger partial charge in [-0.25, -0.2) is 0 Å². The van der Waals surface area contributed by atoms with E-state index in [-0.39, 0.29) is 11.3 Å². The fourth-order valence-corrected chi connectivity index (χ4v) is 3.63. The lowest BCUT2D eigenvalue weighted by Gasteiger charge is -2.40. The van der Waals surface area contributed by atoms with Crippen LogP contribution in [-0.2, 0) is 14.9 Å². The molecular formula is C17H23NO2. The van der Waals surface area contributed by atoms with Gasteiger partial charge in [-0.15, -0.1) is 0 Å². The number of benzene rings is 1. The van der Waals surface area contributed by atoms with Crippen molar-refractivity contribution in [3.8, 4) is 0 Å². The Bertz CT molecular complexity index is 445. The molecule has 2 aliphatic rings. The van der Waals surface area contributed by atoms with Crippen LogP contribution in [-0.4, -0.2) is 32.1 Å². The Morgan fingerprint density at radius 2 is 1.95 bits per heavy atom. The van der Waals surface area contributed by atoms with Crippen LogP contribution >= 0.6 is 0 Å². The average molecular weight is 273 g/mol. The molecule has 0 amide bonds.